The average Bonchev–Trinajstić information content (AvgIpc) is 3.11. The number of nitrogens with zero attached hydrogens (tertiary/aromatic N) is 2. The van der Waals surface area contributed by atoms with E-state index in [0.717, 1.165) is 17.5 Å². The lowest BCUT2D eigenvalue weighted by Crippen LogP contribution is -2.30. The molecule has 6 heteroatoms. The second-order valence-corrected chi connectivity index (χ2v) is 6.07. The van der Waals surface area contributed by atoms with Crippen molar-refractivity contribution in [2.24, 2.45) is 0 Å². The van der Waals surface area contributed by atoms with Crippen LogP contribution in [-0.4, -0.2) is 22.3 Å². The van der Waals surface area contributed by atoms with Crippen molar-refractivity contribution >= 4 is 11.7 Å². The number of benzene rings is 2. The third kappa shape index (κ3) is 4.08. The van der Waals surface area contributed by atoms with E-state index >= 15 is 0 Å². The van der Waals surface area contributed by atoms with Gasteiger partial charge in [-0.2, -0.15) is 0 Å². The van der Waals surface area contributed by atoms with Crippen LogP contribution in [0, 0.1) is 6.92 Å². The Morgan fingerprint density at radius 3 is 2.46 bits per heavy atom. The minimum atomic E-state index is -0.690. The number of hydrogen-bond donors (Lipinski definition) is 1. The number of anilines is 1. The van der Waals surface area contributed by atoms with Gasteiger partial charge in [-0.1, -0.05) is 48.9 Å². The van der Waals surface area contributed by atoms with Gasteiger partial charge in [-0.3, -0.25) is 4.79 Å². The SMILES string of the molecule is CCc1ccc(O[C@@H](C)C(=O)Nc2nonc2-c2ccc(C)cc2)cc1. The van der Waals surface area contributed by atoms with E-state index in [0.29, 0.717) is 11.4 Å². The third-order valence-corrected chi connectivity index (χ3v) is 4.07. The van der Waals surface area contributed by atoms with Gasteiger partial charge >= 0.3 is 0 Å². The first-order valence-electron chi connectivity index (χ1n) is 8.53. The van der Waals surface area contributed by atoms with Crippen molar-refractivity contribution in [1.29, 1.82) is 0 Å². The van der Waals surface area contributed by atoms with E-state index in [9.17, 15) is 4.79 Å². The van der Waals surface area contributed by atoms with Crippen molar-refractivity contribution in [2.45, 2.75) is 33.3 Å². The molecule has 3 aromatic rings. The Hall–Kier alpha value is -3.15. The molecule has 0 bridgehead atoms. The Labute approximate surface area is 152 Å². The summed E-state index contributed by atoms with van der Waals surface area (Å²) in [5.74, 6) is 0.589. The van der Waals surface area contributed by atoms with Crippen LogP contribution in [0.3, 0.4) is 0 Å². The minimum Gasteiger partial charge on any atom is -0.481 e. The highest BCUT2D eigenvalue weighted by Gasteiger charge is 2.20. The molecule has 3 rings (SSSR count). The fraction of sp³-hybridized carbons (Fsp3) is 0.250. The number of amides is 1. The quantitative estimate of drug-likeness (QED) is 0.726. The molecule has 1 atom stereocenters. The van der Waals surface area contributed by atoms with Crippen molar-refractivity contribution in [3.05, 3.63) is 59.7 Å². The highest BCUT2D eigenvalue weighted by Crippen LogP contribution is 2.25. The summed E-state index contributed by atoms with van der Waals surface area (Å²) in [6, 6.07) is 15.4. The lowest BCUT2D eigenvalue weighted by atomic mass is 10.1. The largest absolute Gasteiger partial charge is 0.481 e. The summed E-state index contributed by atoms with van der Waals surface area (Å²) in [5, 5.41) is 10.4. The van der Waals surface area contributed by atoms with E-state index in [-0.39, 0.29) is 11.7 Å². The summed E-state index contributed by atoms with van der Waals surface area (Å²) < 4.78 is 10.5. The average molecular weight is 351 g/mol. The summed E-state index contributed by atoms with van der Waals surface area (Å²) in [5.41, 5.74) is 3.64. The fourth-order valence-electron chi connectivity index (χ4n) is 2.45. The van der Waals surface area contributed by atoms with Gasteiger partial charge in [0.2, 0.25) is 5.82 Å². The van der Waals surface area contributed by atoms with Crippen LogP contribution in [0.2, 0.25) is 0 Å². The Morgan fingerprint density at radius 2 is 1.81 bits per heavy atom. The monoisotopic (exact) mass is 351 g/mol. The molecule has 0 aliphatic heterocycles. The number of carbonyl (C=O) groups is 1. The molecule has 0 saturated heterocycles. The third-order valence-electron chi connectivity index (χ3n) is 4.07. The molecule has 1 amide bonds. The van der Waals surface area contributed by atoms with Crippen LogP contribution in [-0.2, 0) is 11.2 Å². The molecule has 1 aromatic heterocycles. The van der Waals surface area contributed by atoms with Crippen LogP contribution in [0.5, 0.6) is 5.75 Å². The first-order valence-corrected chi connectivity index (χ1v) is 8.53. The Morgan fingerprint density at radius 1 is 1.12 bits per heavy atom. The van der Waals surface area contributed by atoms with Gasteiger partial charge in [-0.15, -0.1) is 0 Å². The Balaban J connectivity index is 1.67. The zero-order valence-corrected chi connectivity index (χ0v) is 15.0. The zero-order valence-electron chi connectivity index (χ0n) is 15.0. The van der Waals surface area contributed by atoms with E-state index in [4.69, 9.17) is 9.37 Å². The molecule has 0 aliphatic rings. The molecule has 0 fully saturated rings. The van der Waals surface area contributed by atoms with Gasteiger partial charge in [0.05, 0.1) is 0 Å². The van der Waals surface area contributed by atoms with Crippen LogP contribution in [0.1, 0.15) is 25.0 Å². The maximum absolute atomic E-state index is 12.4. The predicted molar refractivity (Wildman–Crippen MR) is 99.0 cm³/mol. The van der Waals surface area contributed by atoms with Gasteiger partial charge in [-0.05, 0) is 48.3 Å². The van der Waals surface area contributed by atoms with Crippen LogP contribution >= 0.6 is 0 Å². The van der Waals surface area contributed by atoms with Crippen molar-refractivity contribution in [2.75, 3.05) is 5.32 Å². The van der Waals surface area contributed by atoms with Crippen LogP contribution in [0.15, 0.2) is 53.2 Å². The first kappa shape index (κ1) is 17.7. The number of aryl methyl sites for hydroxylation is 2. The molecular formula is C20H21N3O3. The van der Waals surface area contributed by atoms with Gasteiger partial charge in [0, 0.05) is 5.56 Å². The molecule has 0 radical (unpaired) electrons. The highest BCUT2D eigenvalue weighted by molar-refractivity contribution is 5.95. The number of ether oxygens (including phenoxy) is 1. The van der Waals surface area contributed by atoms with Gasteiger partial charge in [0.25, 0.3) is 5.91 Å². The van der Waals surface area contributed by atoms with E-state index < -0.39 is 6.10 Å². The van der Waals surface area contributed by atoms with Crippen molar-refractivity contribution in [1.82, 2.24) is 10.3 Å². The van der Waals surface area contributed by atoms with Gasteiger partial charge in [0.1, 0.15) is 5.75 Å². The number of aromatic nitrogens is 2. The standard InChI is InChI=1S/C20H21N3O3/c1-4-15-7-11-17(12-8-15)25-14(3)20(24)21-19-18(22-26-23-19)16-9-5-13(2)6-10-16/h5-12,14H,4H2,1-3H3,(H,21,23,24)/t14-/m0/s1. The summed E-state index contributed by atoms with van der Waals surface area (Å²) in [6.45, 7) is 5.77. The van der Waals surface area contributed by atoms with E-state index in [1.165, 1.54) is 5.56 Å². The van der Waals surface area contributed by atoms with Gasteiger partial charge < -0.3 is 10.1 Å². The van der Waals surface area contributed by atoms with Crippen molar-refractivity contribution in [3.8, 4) is 17.0 Å². The molecule has 1 N–H and O–H groups in total. The summed E-state index contributed by atoms with van der Waals surface area (Å²) in [7, 11) is 0. The zero-order chi connectivity index (χ0) is 18.5. The van der Waals surface area contributed by atoms with E-state index in [1.807, 2.05) is 55.5 Å². The summed E-state index contributed by atoms with van der Waals surface area (Å²) in [4.78, 5) is 12.4. The van der Waals surface area contributed by atoms with Crippen LogP contribution in [0.4, 0.5) is 5.82 Å². The van der Waals surface area contributed by atoms with Crippen molar-refractivity contribution < 1.29 is 14.2 Å². The molecule has 0 unspecified atom stereocenters. The number of nitrogens with one attached hydrogen (secondary N) is 1. The van der Waals surface area contributed by atoms with E-state index in [2.05, 4.69) is 22.6 Å². The normalized spacial score (nSPS) is 11.8. The number of hydrogen-bond acceptors (Lipinski definition) is 5. The fourth-order valence-corrected chi connectivity index (χ4v) is 2.45. The second-order valence-electron chi connectivity index (χ2n) is 6.07. The molecule has 2 aromatic carbocycles. The summed E-state index contributed by atoms with van der Waals surface area (Å²) >= 11 is 0. The Bertz CT molecular complexity index is 870. The van der Waals surface area contributed by atoms with Crippen LogP contribution < -0.4 is 10.1 Å². The predicted octanol–water partition coefficient (Wildman–Crippen LogP) is 4.01. The highest BCUT2D eigenvalue weighted by atomic mass is 16.6. The smallest absolute Gasteiger partial charge is 0.266 e. The number of carbonyl (C=O) groups excluding carboxylic acids is 1. The molecule has 0 saturated carbocycles. The lowest BCUT2D eigenvalue weighted by Gasteiger charge is -2.14. The Kier molecular flexibility index (Phi) is 5.31. The molecule has 0 spiro atoms. The molecule has 6 nitrogen and oxygen atoms in total. The molecule has 134 valence electrons. The van der Waals surface area contributed by atoms with Crippen LogP contribution in [0.25, 0.3) is 11.3 Å². The second kappa shape index (κ2) is 7.82. The maximum atomic E-state index is 12.4. The minimum absolute atomic E-state index is 0.274. The first-order chi connectivity index (χ1) is 12.6. The van der Waals surface area contributed by atoms with Gasteiger partial charge in [-0.25, -0.2) is 4.63 Å². The molecule has 1 heterocycles. The lowest BCUT2D eigenvalue weighted by molar-refractivity contribution is -0.122. The van der Waals surface area contributed by atoms with Gasteiger partial charge in [0.15, 0.2) is 11.8 Å². The molecular weight excluding hydrogens is 330 g/mol. The summed E-state index contributed by atoms with van der Waals surface area (Å²) in [6.07, 6.45) is 0.266. The van der Waals surface area contributed by atoms with E-state index in [1.54, 1.807) is 6.92 Å². The molecule has 26 heavy (non-hydrogen) atoms. The molecule has 0 aliphatic carbocycles. The number of rotatable bonds is 6. The maximum Gasteiger partial charge on any atom is 0.266 e. The van der Waals surface area contributed by atoms with Crippen molar-refractivity contribution in [3.63, 3.8) is 0 Å². The topological polar surface area (TPSA) is 77.2 Å².